The van der Waals surface area contributed by atoms with Gasteiger partial charge in [0.05, 0.1) is 11.8 Å². The van der Waals surface area contributed by atoms with Gasteiger partial charge in [0.15, 0.2) is 5.82 Å². The summed E-state index contributed by atoms with van der Waals surface area (Å²) in [6.45, 7) is 0. The van der Waals surface area contributed by atoms with Gasteiger partial charge in [-0.2, -0.15) is 0 Å². The number of rotatable bonds is 5. The van der Waals surface area contributed by atoms with Crippen LogP contribution in [0.5, 0.6) is 5.75 Å². The number of aromatic hydroxyl groups is 1. The summed E-state index contributed by atoms with van der Waals surface area (Å²) >= 11 is 0. The van der Waals surface area contributed by atoms with Gasteiger partial charge in [-0.1, -0.05) is 42.5 Å². The van der Waals surface area contributed by atoms with Gasteiger partial charge >= 0.3 is 0 Å². The first-order valence-electron chi connectivity index (χ1n) is 7.95. The summed E-state index contributed by atoms with van der Waals surface area (Å²) in [5.74, 6) is 0.200. The molecule has 3 rings (SSSR count). The third-order valence-electron chi connectivity index (χ3n) is 4.07. The van der Waals surface area contributed by atoms with Crippen molar-refractivity contribution in [2.24, 2.45) is 5.73 Å². The summed E-state index contributed by atoms with van der Waals surface area (Å²) in [6, 6.07) is 17.5. The van der Waals surface area contributed by atoms with Gasteiger partial charge in [0, 0.05) is 17.2 Å². The number of nitrogen functional groups attached to an aromatic ring is 1. The molecule has 2 unspecified atom stereocenters. The van der Waals surface area contributed by atoms with E-state index in [4.69, 9.17) is 11.5 Å². The van der Waals surface area contributed by atoms with Crippen molar-refractivity contribution >= 4 is 5.82 Å². The monoisotopic (exact) mass is 336 g/mol. The zero-order valence-electron chi connectivity index (χ0n) is 13.6. The zero-order valence-corrected chi connectivity index (χ0v) is 13.6. The predicted octanol–water partition coefficient (Wildman–Crippen LogP) is 2.03. The number of anilines is 1. The predicted molar refractivity (Wildman–Crippen MR) is 96.6 cm³/mol. The van der Waals surface area contributed by atoms with E-state index in [1.165, 1.54) is 0 Å². The minimum Gasteiger partial charge on any atom is -0.507 e. The molecule has 6 N–H and O–H groups in total. The SMILES string of the molecule is Nc1nnc(-c2ccccc2O)cc1C(O)C(N)Cc1ccccc1. The van der Waals surface area contributed by atoms with Gasteiger partial charge in [-0.3, -0.25) is 0 Å². The number of aliphatic hydroxyl groups is 1. The lowest BCUT2D eigenvalue weighted by atomic mass is 9.96. The number of hydrogen-bond donors (Lipinski definition) is 4. The number of phenolic OH excluding ortho intramolecular Hbond substituents is 1. The van der Waals surface area contributed by atoms with Crippen LogP contribution in [0.2, 0.25) is 0 Å². The number of para-hydroxylation sites is 1. The van der Waals surface area contributed by atoms with Gasteiger partial charge in [0.1, 0.15) is 5.75 Å². The molecule has 0 fully saturated rings. The van der Waals surface area contributed by atoms with Crippen LogP contribution in [0.4, 0.5) is 5.82 Å². The molecule has 0 saturated heterocycles. The molecule has 0 bridgehead atoms. The smallest absolute Gasteiger partial charge is 0.152 e. The van der Waals surface area contributed by atoms with Crippen LogP contribution < -0.4 is 11.5 Å². The molecule has 2 aromatic carbocycles. The van der Waals surface area contributed by atoms with E-state index in [0.29, 0.717) is 23.2 Å². The second kappa shape index (κ2) is 7.29. The Bertz CT molecular complexity index is 855. The molecule has 25 heavy (non-hydrogen) atoms. The fraction of sp³-hybridized carbons (Fsp3) is 0.158. The molecule has 0 aliphatic rings. The molecule has 0 radical (unpaired) electrons. The molecule has 0 aliphatic heterocycles. The number of hydrogen-bond acceptors (Lipinski definition) is 6. The molecule has 0 saturated carbocycles. The lowest BCUT2D eigenvalue weighted by molar-refractivity contribution is 0.146. The Morgan fingerprint density at radius 2 is 1.64 bits per heavy atom. The summed E-state index contributed by atoms with van der Waals surface area (Å²) in [6.07, 6.45) is -0.504. The average molecular weight is 336 g/mol. The molecule has 1 heterocycles. The van der Waals surface area contributed by atoms with Crippen molar-refractivity contribution in [3.63, 3.8) is 0 Å². The largest absolute Gasteiger partial charge is 0.507 e. The van der Waals surface area contributed by atoms with E-state index in [0.717, 1.165) is 5.56 Å². The molecule has 0 spiro atoms. The summed E-state index contributed by atoms with van der Waals surface area (Å²) in [7, 11) is 0. The fourth-order valence-electron chi connectivity index (χ4n) is 2.70. The fourth-order valence-corrected chi connectivity index (χ4v) is 2.70. The Kier molecular flexibility index (Phi) is 4.92. The number of nitrogens with zero attached hydrogens (tertiary/aromatic N) is 2. The van der Waals surface area contributed by atoms with Crippen molar-refractivity contribution in [3.05, 3.63) is 71.8 Å². The van der Waals surface area contributed by atoms with Gasteiger partial charge in [0.2, 0.25) is 0 Å². The highest BCUT2D eigenvalue weighted by Crippen LogP contribution is 2.30. The van der Waals surface area contributed by atoms with Gasteiger partial charge in [0.25, 0.3) is 0 Å². The first-order valence-corrected chi connectivity index (χ1v) is 7.95. The molecule has 2 atom stereocenters. The molecule has 0 amide bonds. The van der Waals surface area contributed by atoms with Crippen LogP contribution in [-0.4, -0.2) is 26.5 Å². The minimum atomic E-state index is -1.000. The van der Waals surface area contributed by atoms with Crippen LogP contribution in [0.15, 0.2) is 60.7 Å². The molecule has 3 aromatic rings. The molecule has 0 aliphatic carbocycles. The Morgan fingerprint density at radius 3 is 2.36 bits per heavy atom. The average Bonchev–Trinajstić information content (AvgIpc) is 2.63. The topological polar surface area (TPSA) is 118 Å². The first-order chi connectivity index (χ1) is 12.1. The van der Waals surface area contributed by atoms with Crippen LogP contribution in [0.25, 0.3) is 11.3 Å². The second-order valence-corrected chi connectivity index (χ2v) is 5.89. The highest BCUT2D eigenvalue weighted by Gasteiger charge is 2.22. The van der Waals surface area contributed by atoms with Gasteiger partial charge in [-0.25, -0.2) is 0 Å². The van der Waals surface area contributed by atoms with E-state index in [1.807, 2.05) is 30.3 Å². The van der Waals surface area contributed by atoms with Crippen molar-refractivity contribution in [2.45, 2.75) is 18.6 Å². The molecule has 6 nitrogen and oxygen atoms in total. The van der Waals surface area contributed by atoms with E-state index in [1.54, 1.807) is 30.3 Å². The van der Waals surface area contributed by atoms with Gasteiger partial charge < -0.3 is 21.7 Å². The van der Waals surface area contributed by atoms with Crippen molar-refractivity contribution in [3.8, 4) is 17.0 Å². The highest BCUT2D eigenvalue weighted by molar-refractivity contribution is 5.67. The molecular weight excluding hydrogens is 316 g/mol. The Balaban J connectivity index is 1.88. The summed E-state index contributed by atoms with van der Waals surface area (Å²) in [4.78, 5) is 0. The summed E-state index contributed by atoms with van der Waals surface area (Å²) in [5.41, 5.74) is 14.4. The Labute approximate surface area is 145 Å². The number of nitrogens with two attached hydrogens (primary N) is 2. The Morgan fingerprint density at radius 1 is 0.960 bits per heavy atom. The van der Waals surface area contributed by atoms with Crippen LogP contribution in [0.3, 0.4) is 0 Å². The van der Waals surface area contributed by atoms with Crippen LogP contribution >= 0.6 is 0 Å². The van der Waals surface area contributed by atoms with Crippen LogP contribution in [0.1, 0.15) is 17.2 Å². The second-order valence-electron chi connectivity index (χ2n) is 5.89. The Hall–Kier alpha value is -2.96. The van der Waals surface area contributed by atoms with Crippen molar-refractivity contribution in [1.29, 1.82) is 0 Å². The van der Waals surface area contributed by atoms with E-state index in [-0.39, 0.29) is 11.6 Å². The molecule has 128 valence electrons. The maximum absolute atomic E-state index is 10.6. The number of benzene rings is 2. The third kappa shape index (κ3) is 3.76. The lowest BCUT2D eigenvalue weighted by Crippen LogP contribution is -2.31. The maximum atomic E-state index is 10.6. The minimum absolute atomic E-state index is 0.0793. The number of aromatic nitrogens is 2. The van der Waals surface area contributed by atoms with Gasteiger partial charge in [-0.15, -0.1) is 10.2 Å². The zero-order chi connectivity index (χ0) is 17.8. The lowest BCUT2D eigenvalue weighted by Gasteiger charge is -2.20. The first kappa shape index (κ1) is 16.9. The quantitative estimate of drug-likeness (QED) is 0.566. The van der Waals surface area contributed by atoms with E-state index in [9.17, 15) is 10.2 Å². The third-order valence-corrected chi connectivity index (χ3v) is 4.07. The summed E-state index contributed by atoms with van der Waals surface area (Å²) in [5, 5.41) is 28.5. The van der Waals surface area contributed by atoms with Crippen molar-refractivity contribution < 1.29 is 10.2 Å². The van der Waals surface area contributed by atoms with Crippen LogP contribution in [-0.2, 0) is 6.42 Å². The normalized spacial score (nSPS) is 13.4. The number of phenols is 1. The van der Waals surface area contributed by atoms with Crippen LogP contribution in [0, 0.1) is 0 Å². The summed E-state index contributed by atoms with van der Waals surface area (Å²) < 4.78 is 0. The van der Waals surface area contributed by atoms with Crippen molar-refractivity contribution in [2.75, 3.05) is 5.73 Å². The van der Waals surface area contributed by atoms with Crippen molar-refractivity contribution in [1.82, 2.24) is 10.2 Å². The maximum Gasteiger partial charge on any atom is 0.152 e. The highest BCUT2D eigenvalue weighted by atomic mass is 16.3. The molecular formula is C19H20N4O2. The molecule has 1 aromatic heterocycles. The number of aliphatic hydroxyl groups excluding tert-OH is 1. The van der Waals surface area contributed by atoms with Gasteiger partial charge in [-0.05, 0) is 30.2 Å². The van der Waals surface area contributed by atoms with E-state index in [2.05, 4.69) is 10.2 Å². The van der Waals surface area contributed by atoms with E-state index >= 15 is 0 Å². The molecule has 6 heteroatoms. The standard InChI is InChI=1S/C19H20N4O2/c20-15(10-12-6-2-1-3-7-12)18(25)14-11-16(22-23-19(14)21)13-8-4-5-9-17(13)24/h1-9,11,15,18,24-25H,10,20H2,(H2,21,23). The van der Waals surface area contributed by atoms with E-state index < -0.39 is 12.1 Å².